The van der Waals surface area contributed by atoms with E-state index >= 15 is 0 Å². The number of sulfonamides is 1. The zero-order chi connectivity index (χ0) is 11.8. The first-order chi connectivity index (χ1) is 7.46. The quantitative estimate of drug-likeness (QED) is 0.680. The maximum atomic E-state index is 11.8. The molecule has 2 saturated heterocycles. The molecule has 0 aliphatic carbocycles. The van der Waals surface area contributed by atoms with Crippen molar-refractivity contribution in [1.29, 1.82) is 0 Å². The summed E-state index contributed by atoms with van der Waals surface area (Å²) in [6, 6.07) is -0.119. The van der Waals surface area contributed by atoms with Gasteiger partial charge in [-0.05, 0) is 6.42 Å². The fraction of sp³-hybridized carbons (Fsp3) is 0.889. The molecule has 0 saturated carbocycles. The van der Waals surface area contributed by atoms with E-state index in [4.69, 9.17) is 0 Å². The van der Waals surface area contributed by atoms with Gasteiger partial charge in [0, 0.05) is 32.2 Å². The number of carbonyl (C=O) groups excluding carboxylic acids is 1. The van der Waals surface area contributed by atoms with Crippen LogP contribution < -0.4 is 10.0 Å². The highest BCUT2D eigenvalue weighted by atomic mass is 35.5. The lowest BCUT2D eigenvalue weighted by atomic mass is 10.0. The number of halogens is 1. The van der Waals surface area contributed by atoms with Crippen molar-refractivity contribution in [1.82, 2.24) is 14.9 Å². The van der Waals surface area contributed by atoms with Crippen LogP contribution in [-0.4, -0.2) is 57.7 Å². The van der Waals surface area contributed by atoms with Crippen LogP contribution in [0.25, 0.3) is 0 Å². The Morgan fingerprint density at radius 1 is 1.41 bits per heavy atom. The molecule has 1 unspecified atom stereocenters. The van der Waals surface area contributed by atoms with Crippen LogP contribution in [0.15, 0.2) is 0 Å². The molecule has 2 aliphatic rings. The first-order valence-electron chi connectivity index (χ1n) is 5.42. The molecule has 0 aromatic heterocycles. The number of nitrogens with zero attached hydrogens (tertiary/aromatic N) is 1. The summed E-state index contributed by atoms with van der Waals surface area (Å²) < 4.78 is 24.6. The number of nitrogens with one attached hydrogen (secondary N) is 2. The number of hydrogen-bond donors (Lipinski definition) is 2. The third-order valence-electron chi connectivity index (χ3n) is 3.01. The number of carbonyl (C=O) groups is 1. The van der Waals surface area contributed by atoms with E-state index in [1.54, 1.807) is 4.90 Å². The molecule has 1 amide bonds. The minimum absolute atomic E-state index is 0. The van der Waals surface area contributed by atoms with Gasteiger partial charge in [0.1, 0.15) is 0 Å². The normalized spacial score (nSPS) is 25.2. The minimum atomic E-state index is -3.17. The molecule has 1 atom stereocenters. The van der Waals surface area contributed by atoms with Gasteiger partial charge >= 0.3 is 0 Å². The Morgan fingerprint density at radius 2 is 2.06 bits per heavy atom. The van der Waals surface area contributed by atoms with Crippen LogP contribution in [0.3, 0.4) is 0 Å². The minimum Gasteiger partial charge on any atom is -0.341 e. The molecule has 2 fully saturated rings. The van der Waals surface area contributed by atoms with Crippen LogP contribution in [0.5, 0.6) is 0 Å². The molecule has 0 bridgehead atoms. The Balaban J connectivity index is 0.00000144. The first-order valence-corrected chi connectivity index (χ1v) is 7.31. The average Bonchev–Trinajstić information content (AvgIpc) is 2.45. The zero-order valence-corrected chi connectivity index (χ0v) is 11.3. The first kappa shape index (κ1) is 14.7. The van der Waals surface area contributed by atoms with E-state index in [9.17, 15) is 13.2 Å². The lowest BCUT2D eigenvalue weighted by Crippen LogP contribution is -2.52. The molecule has 100 valence electrons. The summed E-state index contributed by atoms with van der Waals surface area (Å²) >= 11 is 0. The van der Waals surface area contributed by atoms with Crippen LogP contribution in [0.4, 0.5) is 0 Å². The van der Waals surface area contributed by atoms with Gasteiger partial charge in [-0.2, -0.15) is 0 Å². The van der Waals surface area contributed by atoms with Gasteiger partial charge in [0.2, 0.25) is 15.9 Å². The van der Waals surface area contributed by atoms with Crippen LogP contribution >= 0.6 is 12.4 Å². The van der Waals surface area contributed by atoms with Crippen LogP contribution in [0.2, 0.25) is 0 Å². The van der Waals surface area contributed by atoms with Crippen molar-refractivity contribution in [3.8, 4) is 0 Å². The molecule has 2 aliphatic heterocycles. The number of likely N-dealkylation sites (tertiary alicyclic amines) is 1. The van der Waals surface area contributed by atoms with E-state index in [0.29, 0.717) is 19.5 Å². The summed E-state index contributed by atoms with van der Waals surface area (Å²) in [7, 11) is -3.17. The van der Waals surface area contributed by atoms with Gasteiger partial charge in [0.25, 0.3) is 0 Å². The zero-order valence-electron chi connectivity index (χ0n) is 9.68. The molecular weight excluding hydrogens is 266 g/mol. The second-order valence-corrected chi connectivity index (χ2v) is 6.30. The monoisotopic (exact) mass is 283 g/mol. The second kappa shape index (κ2) is 5.51. The highest BCUT2D eigenvalue weighted by molar-refractivity contribution is 7.88. The summed E-state index contributed by atoms with van der Waals surface area (Å²) in [5.74, 6) is 0.244. The van der Waals surface area contributed by atoms with Gasteiger partial charge in [-0.3, -0.25) is 4.79 Å². The van der Waals surface area contributed by atoms with Gasteiger partial charge in [0.15, 0.2) is 0 Å². The maximum Gasteiger partial charge on any atom is 0.228 e. The maximum absolute atomic E-state index is 11.8. The predicted octanol–water partition coefficient (Wildman–Crippen LogP) is -1.22. The van der Waals surface area contributed by atoms with E-state index in [1.807, 2.05) is 0 Å². The molecule has 2 rings (SSSR count). The summed E-state index contributed by atoms with van der Waals surface area (Å²) in [4.78, 5) is 13.6. The lowest BCUT2D eigenvalue weighted by molar-refractivity contribution is -0.136. The Labute approximate surface area is 108 Å². The topological polar surface area (TPSA) is 78.5 Å². The fourth-order valence-electron chi connectivity index (χ4n) is 2.08. The van der Waals surface area contributed by atoms with Crippen molar-refractivity contribution in [2.45, 2.75) is 12.5 Å². The van der Waals surface area contributed by atoms with Crippen molar-refractivity contribution < 1.29 is 13.2 Å². The Hall–Kier alpha value is -0.370. The molecule has 2 N–H and O–H groups in total. The predicted molar refractivity (Wildman–Crippen MR) is 66.6 cm³/mol. The lowest BCUT2D eigenvalue weighted by Gasteiger charge is -2.30. The van der Waals surface area contributed by atoms with Crippen molar-refractivity contribution in [2.24, 2.45) is 5.92 Å². The highest BCUT2D eigenvalue weighted by Gasteiger charge is 2.34. The largest absolute Gasteiger partial charge is 0.341 e. The number of hydrogen-bond acceptors (Lipinski definition) is 4. The van der Waals surface area contributed by atoms with Crippen molar-refractivity contribution in [3.05, 3.63) is 0 Å². The highest BCUT2D eigenvalue weighted by Crippen LogP contribution is 2.15. The average molecular weight is 284 g/mol. The van der Waals surface area contributed by atoms with E-state index < -0.39 is 10.0 Å². The van der Waals surface area contributed by atoms with E-state index in [-0.39, 0.29) is 30.3 Å². The summed E-state index contributed by atoms with van der Waals surface area (Å²) in [6.45, 7) is 2.66. The van der Waals surface area contributed by atoms with Crippen LogP contribution in [-0.2, 0) is 14.8 Å². The molecule has 0 aromatic rings. The van der Waals surface area contributed by atoms with Gasteiger partial charge in [0.05, 0.1) is 12.2 Å². The molecule has 0 aromatic carbocycles. The molecule has 2 heterocycles. The van der Waals surface area contributed by atoms with Gasteiger partial charge in [-0.25, -0.2) is 13.1 Å². The SMILES string of the molecule is CS(=O)(=O)NC1CCN(C(=O)C2CNC2)C1.Cl. The molecule has 0 spiro atoms. The molecule has 8 heteroatoms. The number of amides is 1. The molecule has 0 radical (unpaired) electrons. The Bertz CT molecular complexity index is 383. The summed E-state index contributed by atoms with van der Waals surface area (Å²) in [6.07, 6.45) is 1.85. The van der Waals surface area contributed by atoms with Crippen LogP contribution in [0.1, 0.15) is 6.42 Å². The van der Waals surface area contributed by atoms with Crippen molar-refractivity contribution in [2.75, 3.05) is 32.4 Å². The molecule has 6 nitrogen and oxygen atoms in total. The van der Waals surface area contributed by atoms with Gasteiger partial charge in [-0.1, -0.05) is 0 Å². The van der Waals surface area contributed by atoms with Gasteiger partial charge in [-0.15, -0.1) is 12.4 Å². The van der Waals surface area contributed by atoms with Crippen molar-refractivity contribution >= 4 is 28.3 Å². The van der Waals surface area contributed by atoms with Crippen LogP contribution in [0, 0.1) is 5.92 Å². The smallest absolute Gasteiger partial charge is 0.228 e. The molecular formula is C9H18ClN3O3S. The second-order valence-electron chi connectivity index (χ2n) is 4.52. The Morgan fingerprint density at radius 3 is 2.53 bits per heavy atom. The summed E-state index contributed by atoms with van der Waals surface area (Å²) in [5.41, 5.74) is 0. The third kappa shape index (κ3) is 3.80. The third-order valence-corrected chi connectivity index (χ3v) is 3.77. The standard InChI is InChI=1S/C9H17N3O3S.ClH/c1-16(14,15)11-8-2-3-12(6-8)9(13)7-4-10-5-7;/h7-8,10-11H,2-6H2,1H3;1H. The van der Waals surface area contributed by atoms with E-state index in [0.717, 1.165) is 19.3 Å². The molecule has 17 heavy (non-hydrogen) atoms. The van der Waals surface area contributed by atoms with E-state index in [2.05, 4.69) is 10.0 Å². The van der Waals surface area contributed by atoms with E-state index in [1.165, 1.54) is 0 Å². The number of rotatable bonds is 3. The Kier molecular flexibility index (Phi) is 4.77. The van der Waals surface area contributed by atoms with Crippen molar-refractivity contribution in [3.63, 3.8) is 0 Å². The summed E-state index contributed by atoms with van der Waals surface area (Å²) in [5, 5.41) is 3.06. The van der Waals surface area contributed by atoms with Gasteiger partial charge < -0.3 is 10.2 Å². The fourth-order valence-corrected chi connectivity index (χ4v) is 2.88.